The minimum atomic E-state index is -1.30. The van der Waals surface area contributed by atoms with Gasteiger partial charge in [-0.2, -0.15) is 0 Å². The summed E-state index contributed by atoms with van der Waals surface area (Å²) in [6.45, 7) is 3.85. The zero-order valence-electron chi connectivity index (χ0n) is 13.2. The number of ketones is 1. The number of ether oxygens (including phenoxy) is 2. The summed E-state index contributed by atoms with van der Waals surface area (Å²) >= 11 is 3.23. The molecule has 1 aromatic rings. The third kappa shape index (κ3) is 3.50. The molecule has 10 heteroatoms. The van der Waals surface area contributed by atoms with Crippen LogP contribution in [0, 0.1) is 6.92 Å². The summed E-state index contributed by atoms with van der Waals surface area (Å²) in [7, 11) is 0. The van der Waals surface area contributed by atoms with Gasteiger partial charge in [0.25, 0.3) is 5.56 Å². The molecular weight excluding hydrogens is 388 g/mol. The Bertz CT molecular complexity index is 771. The van der Waals surface area contributed by atoms with E-state index in [9.17, 15) is 24.3 Å². The topological polar surface area (TPSA) is 128 Å². The number of hydrogen-bond donors (Lipinski definition) is 2. The quantitative estimate of drug-likeness (QED) is 0.505. The molecule has 1 aliphatic heterocycles. The molecule has 0 radical (unpaired) electrons. The number of nitrogens with one attached hydrogen (secondary N) is 1. The molecule has 9 nitrogen and oxygen atoms in total. The van der Waals surface area contributed by atoms with E-state index in [0.717, 1.165) is 11.5 Å². The highest BCUT2D eigenvalue weighted by atomic mass is 79.9. The first-order valence-electron chi connectivity index (χ1n) is 7.10. The highest BCUT2D eigenvalue weighted by Crippen LogP contribution is 2.36. The molecule has 1 saturated heterocycles. The van der Waals surface area contributed by atoms with Gasteiger partial charge in [0.05, 0.1) is 4.83 Å². The van der Waals surface area contributed by atoms with Gasteiger partial charge < -0.3 is 14.6 Å². The Kier molecular flexibility index (Phi) is 5.41. The fourth-order valence-corrected chi connectivity index (χ4v) is 3.15. The molecule has 132 valence electrons. The lowest BCUT2D eigenvalue weighted by atomic mass is 10.0. The van der Waals surface area contributed by atoms with Gasteiger partial charge in [0.2, 0.25) is 0 Å². The summed E-state index contributed by atoms with van der Waals surface area (Å²) in [5.74, 6) is -1.20. The minimum absolute atomic E-state index is 0.277. The van der Waals surface area contributed by atoms with Crippen LogP contribution in [-0.4, -0.2) is 49.5 Å². The summed E-state index contributed by atoms with van der Waals surface area (Å²) in [6, 6.07) is 0. The van der Waals surface area contributed by atoms with Crippen molar-refractivity contribution < 1.29 is 24.2 Å². The van der Waals surface area contributed by atoms with Gasteiger partial charge in [0, 0.05) is 18.7 Å². The van der Waals surface area contributed by atoms with Crippen LogP contribution < -0.4 is 11.2 Å². The number of aliphatic hydroxyl groups is 1. The fraction of sp³-hybridized carbons (Fsp3) is 0.571. The van der Waals surface area contributed by atoms with Crippen LogP contribution in [0.25, 0.3) is 0 Å². The number of aromatic nitrogens is 2. The number of halogens is 1. The van der Waals surface area contributed by atoms with Crippen LogP contribution in [0.1, 0.15) is 25.6 Å². The number of esters is 1. The van der Waals surface area contributed by atoms with Crippen LogP contribution in [-0.2, 0) is 19.1 Å². The zero-order chi connectivity index (χ0) is 18.2. The normalized spacial score (nSPS) is 27.7. The zero-order valence-corrected chi connectivity index (χ0v) is 14.8. The molecule has 0 amide bonds. The number of carbonyl (C=O) groups excluding carboxylic acids is 2. The van der Waals surface area contributed by atoms with Crippen molar-refractivity contribution in [1.29, 1.82) is 0 Å². The van der Waals surface area contributed by atoms with Crippen LogP contribution >= 0.6 is 15.9 Å². The Morgan fingerprint density at radius 1 is 1.42 bits per heavy atom. The molecule has 5 atom stereocenters. The van der Waals surface area contributed by atoms with Crippen LogP contribution in [0.5, 0.6) is 0 Å². The molecule has 0 spiro atoms. The largest absolute Gasteiger partial charge is 0.452 e. The lowest BCUT2D eigenvalue weighted by Crippen LogP contribution is -2.43. The summed E-state index contributed by atoms with van der Waals surface area (Å²) in [5, 5.41) is 10.3. The second-order valence-electron chi connectivity index (χ2n) is 5.55. The number of carbonyl (C=O) groups is 2. The number of alkyl halides is 1. The first-order valence-corrected chi connectivity index (χ1v) is 8.02. The molecule has 2 N–H and O–H groups in total. The van der Waals surface area contributed by atoms with Crippen molar-refractivity contribution in [3.63, 3.8) is 0 Å². The van der Waals surface area contributed by atoms with Crippen molar-refractivity contribution in [2.24, 2.45) is 0 Å². The van der Waals surface area contributed by atoms with Gasteiger partial charge in [0.1, 0.15) is 12.2 Å². The first-order chi connectivity index (χ1) is 11.1. The van der Waals surface area contributed by atoms with E-state index in [-0.39, 0.29) is 5.56 Å². The van der Waals surface area contributed by atoms with Crippen LogP contribution in [0.15, 0.2) is 15.8 Å². The molecule has 0 bridgehead atoms. The summed E-state index contributed by atoms with van der Waals surface area (Å²) in [4.78, 5) is 47.7. The fourth-order valence-electron chi connectivity index (χ4n) is 2.47. The van der Waals surface area contributed by atoms with Crippen molar-refractivity contribution in [1.82, 2.24) is 9.55 Å². The standard InChI is InChI=1S/C14H17BrN2O7/c1-5-4-17(14(22)16-12(5)21)13-8(15)9(20)11(24-13)10(6(2)18)23-7(3)19/h4,8-11,13,20H,1-3H3,(H,16,21,22)/t8?,9-,10?,11-,13+/m0/s1. The molecule has 2 heterocycles. The van der Waals surface area contributed by atoms with Gasteiger partial charge in [-0.1, -0.05) is 15.9 Å². The number of H-pyrrole nitrogens is 1. The van der Waals surface area contributed by atoms with E-state index in [1.165, 1.54) is 20.0 Å². The monoisotopic (exact) mass is 404 g/mol. The Morgan fingerprint density at radius 3 is 2.58 bits per heavy atom. The average Bonchev–Trinajstić information content (AvgIpc) is 2.76. The molecule has 1 fully saturated rings. The number of Topliss-reactive ketones (excluding diaryl/α,β-unsaturated/α-hetero) is 1. The van der Waals surface area contributed by atoms with Gasteiger partial charge in [-0.3, -0.25) is 23.9 Å². The van der Waals surface area contributed by atoms with E-state index < -0.39 is 52.4 Å². The Labute approximate surface area is 144 Å². The third-order valence-corrected chi connectivity index (χ3v) is 4.64. The van der Waals surface area contributed by atoms with Crippen molar-refractivity contribution in [3.05, 3.63) is 32.6 Å². The number of aliphatic hydroxyl groups excluding tert-OH is 1. The number of aryl methyl sites for hydroxylation is 1. The van der Waals surface area contributed by atoms with Gasteiger partial charge >= 0.3 is 11.7 Å². The predicted octanol–water partition coefficient (Wildman–Crippen LogP) is -0.612. The van der Waals surface area contributed by atoms with Gasteiger partial charge in [0.15, 0.2) is 18.1 Å². The molecule has 2 unspecified atom stereocenters. The van der Waals surface area contributed by atoms with Crippen molar-refractivity contribution in [2.45, 2.75) is 50.1 Å². The lowest BCUT2D eigenvalue weighted by molar-refractivity contribution is -0.166. The molecule has 2 rings (SSSR count). The first kappa shape index (κ1) is 18.6. The summed E-state index contributed by atoms with van der Waals surface area (Å²) in [5.41, 5.74) is -0.974. The molecule has 0 aromatic carbocycles. The maximum absolute atomic E-state index is 12.0. The summed E-state index contributed by atoms with van der Waals surface area (Å²) < 4.78 is 11.7. The highest BCUT2D eigenvalue weighted by molar-refractivity contribution is 9.09. The van der Waals surface area contributed by atoms with Crippen molar-refractivity contribution in [3.8, 4) is 0 Å². The van der Waals surface area contributed by atoms with E-state index in [1.807, 2.05) is 0 Å². The molecule has 1 aliphatic rings. The lowest BCUT2D eigenvalue weighted by Gasteiger charge is -2.23. The maximum atomic E-state index is 12.0. The second-order valence-corrected chi connectivity index (χ2v) is 6.60. The van der Waals surface area contributed by atoms with Crippen LogP contribution in [0.4, 0.5) is 0 Å². The number of rotatable bonds is 4. The van der Waals surface area contributed by atoms with Crippen molar-refractivity contribution >= 4 is 27.7 Å². The van der Waals surface area contributed by atoms with E-state index in [2.05, 4.69) is 20.9 Å². The maximum Gasteiger partial charge on any atom is 0.330 e. The van der Waals surface area contributed by atoms with E-state index in [4.69, 9.17) is 9.47 Å². The average molecular weight is 405 g/mol. The van der Waals surface area contributed by atoms with Crippen LogP contribution in [0.3, 0.4) is 0 Å². The van der Waals surface area contributed by atoms with Gasteiger partial charge in [-0.25, -0.2) is 4.79 Å². The molecule has 0 saturated carbocycles. The number of hydrogen-bond acceptors (Lipinski definition) is 7. The predicted molar refractivity (Wildman–Crippen MR) is 84.9 cm³/mol. The Hall–Kier alpha value is -1.78. The minimum Gasteiger partial charge on any atom is -0.452 e. The van der Waals surface area contributed by atoms with E-state index in [1.54, 1.807) is 0 Å². The van der Waals surface area contributed by atoms with Gasteiger partial charge in [-0.05, 0) is 13.8 Å². The number of nitrogens with zero attached hydrogens (tertiary/aromatic N) is 1. The summed E-state index contributed by atoms with van der Waals surface area (Å²) in [6.07, 6.45) is -3.38. The van der Waals surface area contributed by atoms with Crippen molar-refractivity contribution in [2.75, 3.05) is 0 Å². The van der Waals surface area contributed by atoms with E-state index >= 15 is 0 Å². The molecule has 24 heavy (non-hydrogen) atoms. The molecular formula is C14H17BrN2O7. The number of aromatic amines is 1. The Balaban J connectivity index is 2.38. The smallest absolute Gasteiger partial charge is 0.330 e. The highest BCUT2D eigenvalue weighted by Gasteiger charge is 2.49. The Morgan fingerprint density at radius 2 is 2.04 bits per heavy atom. The molecule has 0 aliphatic carbocycles. The third-order valence-electron chi connectivity index (χ3n) is 3.64. The second kappa shape index (κ2) is 6.99. The van der Waals surface area contributed by atoms with E-state index in [0.29, 0.717) is 0 Å². The SMILES string of the molecule is CC(=O)OC(C(C)=O)[C@H]1O[C@@H](n2cc(C)c(=O)[nH]c2=O)C(Br)[C@@H]1O. The molecule has 1 aromatic heterocycles. The van der Waals surface area contributed by atoms with Crippen LogP contribution in [0.2, 0.25) is 0 Å². The van der Waals surface area contributed by atoms with Gasteiger partial charge in [-0.15, -0.1) is 0 Å².